The normalized spacial score (nSPS) is 11.2. The zero-order valence-corrected chi connectivity index (χ0v) is 15.0. The van der Waals surface area contributed by atoms with E-state index in [9.17, 15) is 13.2 Å². The minimum Gasteiger partial charge on any atom is -0.465 e. The van der Waals surface area contributed by atoms with Gasteiger partial charge >= 0.3 is 5.97 Å². The van der Waals surface area contributed by atoms with Crippen LogP contribution >= 0.6 is 0 Å². The van der Waals surface area contributed by atoms with Gasteiger partial charge in [-0.2, -0.15) is 5.10 Å². The molecule has 0 aliphatic heterocycles. The lowest BCUT2D eigenvalue weighted by Crippen LogP contribution is -2.13. The Morgan fingerprint density at radius 3 is 2.35 bits per heavy atom. The van der Waals surface area contributed by atoms with Gasteiger partial charge in [-0.25, -0.2) is 13.2 Å². The summed E-state index contributed by atoms with van der Waals surface area (Å²) >= 11 is 0. The number of benzene rings is 2. The second-order valence-corrected chi connectivity index (χ2v) is 7.21. The SMILES string of the molecule is COC(=O)c1ccc(NS(=O)(=O)c2cn(C)nc2-c2ccccc2)cc1. The second-order valence-electron chi connectivity index (χ2n) is 5.56. The van der Waals surface area contributed by atoms with Crippen LogP contribution in [0.2, 0.25) is 0 Å². The molecule has 0 fully saturated rings. The Morgan fingerprint density at radius 2 is 1.73 bits per heavy atom. The first-order chi connectivity index (χ1) is 12.4. The lowest BCUT2D eigenvalue weighted by molar-refractivity contribution is 0.0601. The van der Waals surface area contributed by atoms with Crippen molar-refractivity contribution in [3.05, 3.63) is 66.4 Å². The van der Waals surface area contributed by atoms with Crippen LogP contribution in [0.3, 0.4) is 0 Å². The highest BCUT2D eigenvalue weighted by Gasteiger charge is 2.23. The molecule has 134 valence electrons. The van der Waals surface area contributed by atoms with Gasteiger partial charge in [0.2, 0.25) is 0 Å². The smallest absolute Gasteiger partial charge is 0.337 e. The Morgan fingerprint density at radius 1 is 1.08 bits per heavy atom. The maximum Gasteiger partial charge on any atom is 0.337 e. The predicted molar refractivity (Wildman–Crippen MR) is 97.2 cm³/mol. The summed E-state index contributed by atoms with van der Waals surface area (Å²) in [6.45, 7) is 0. The van der Waals surface area contributed by atoms with Crippen molar-refractivity contribution in [2.75, 3.05) is 11.8 Å². The van der Waals surface area contributed by atoms with Gasteiger partial charge in [0.25, 0.3) is 10.0 Å². The molecule has 0 aliphatic carbocycles. The fourth-order valence-corrected chi connectivity index (χ4v) is 3.72. The van der Waals surface area contributed by atoms with Gasteiger partial charge in [-0.15, -0.1) is 0 Å². The molecule has 0 saturated carbocycles. The van der Waals surface area contributed by atoms with Crippen LogP contribution in [0.5, 0.6) is 0 Å². The fraction of sp³-hybridized carbons (Fsp3) is 0.111. The van der Waals surface area contributed by atoms with Gasteiger partial charge in [0, 0.05) is 24.5 Å². The number of nitrogens with one attached hydrogen (secondary N) is 1. The summed E-state index contributed by atoms with van der Waals surface area (Å²) in [6.07, 6.45) is 1.45. The van der Waals surface area contributed by atoms with E-state index in [1.54, 1.807) is 19.2 Å². The molecule has 1 aromatic heterocycles. The highest BCUT2D eigenvalue weighted by Crippen LogP contribution is 2.27. The summed E-state index contributed by atoms with van der Waals surface area (Å²) in [5, 5.41) is 4.27. The van der Waals surface area contributed by atoms with Crippen molar-refractivity contribution in [2.45, 2.75) is 4.90 Å². The van der Waals surface area contributed by atoms with E-state index in [1.165, 1.54) is 42.3 Å². The summed E-state index contributed by atoms with van der Waals surface area (Å²) < 4.78 is 34.2. The van der Waals surface area contributed by atoms with Gasteiger partial charge in [0.05, 0.1) is 12.7 Å². The van der Waals surface area contributed by atoms with Gasteiger partial charge in [0.1, 0.15) is 10.6 Å². The molecule has 1 N–H and O–H groups in total. The maximum absolute atomic E-state index is 12.8. The van der Waals surface area contributed by atoms with Crippen LogP contribution in [-0.4, -0.2) is 31.3 Å². The standard InChI is InChI=1S/C18H17N3O4S/c1-21-12-16(17(19-21)13-6-4-3-5-7-13)26(23,24)20-15-10-8-14(9-11-15)18(22)25-2/h3-12,20H,1-2H3. The van der Waals surface area contributed by atoms with Crippen molar-refractivity contribution in [1.82, 2.24) is 9.78 Å². The number of ether oxygens (including phenoxy) is 1. The minimum absolute atomic E-state index is 0.0724. The molecule has 7 nitrogen and oxygen atoms in total. The van der Waals surface area contributed by atoms with Gasteiger partial charge in [-0.05, 0) is 24.3 Å². The number of esters is 1. The topological polar surface area (TPSA) is 90.3 Å². The molecule has 0 unspecified atom stereocenters. The van der Waals surface area contributed by atoms with Crippen LogP contribution in [0.4, 0.5) is 5.69 Å². The van der Waals surface area contributed by atoms with Crippen LogP contribution in [-0.2, 0) is 21.8 Å². The van der Waals surface area contributed by atoms with Crippen molar-refractivity contribution in [3.63, 3.8) is 0 Å². The molecule has 3 aromatic rings. The van der Waals surface area contributed by atoms with Crippen molar-refractivity contribution >= 4 is 21.7 Å². The van der Waals surface area contributed by atoms with Crippen LogP contribution in [0.1, 0.15) is 10.4 Å². The highest BCUT2D eigenvalue weighted by molar-refractivity contribution is 7.92. The van der Waals surface area contributed by atoms with Crippen LogP contribution in [0.25, 0.3) is 11.3 Å². The van der Waals surface area contributed by atoms with Crippen LogP contribution in [0.15, 0.2) is 65.7 Å². The number of hydrogen-bond acceptors (Lipinski definition) is 5. The number of sulfonamides is 1. The van der Waals surface area contributed by atoms with E-state index in [0.29, 0.717) is 22.5 Å². The van der Waals surface area contributed by atoms with Gasteiger partial charge < -0.3 is 4.74 Å². The van der Waals surface area contributed by atoms with E-state index in [4.69, 9.17) is 0 Å². The molecular formula is C18H17N3O4S. The zero-order chi connectivity index (χ0) is 18.7. The van der Waals surface area contributed by atoms with Gasteiger partial charge in [-0.3, -0.25) is 9.40 Å². The Labute approximate surface area is 151 Å². The summed E-state index contributed by atoms with van der Waals surface area (Å²) in [5.74, 6) is -0.488. The first-order valence-electron chi connectivity index (χ1n) is 7.71. The van der Waals surface area contributed by atoms with Crippen molar-refractivity contribution in [3.8, 4) is 11.3 Å². The lowest BCUT2D eigenvalue weighted by atomic mass is 10.2. The first kappa shape index (κ1) is 17.7. The quantitative estimate of drug-likeness (QED) is 0.697. The molecular weight excluding hydrogens is 354 g/mol. The lowest BCUT2D eigenvalue weighted by Gasteiger charge is -2.08. The van der Waals surface area contributed by atoms with E-state index in [-0.39, 0.29) is 4.90 Å². The molecule has 26 heavy (non-hydrogen) atoms. The Hall–Kier alpha value is -3.13. The largest absolute Gasteiger partial charge is 0.465 e. The molecule has 8 heteroatoms. The summed E-state index contributed by atoms with van der Waals surface area (Å²) in [5.41, 5.74) is 1.74. The molecule has 0 aliphatic rings. The number of methoxy groups -OCH3 is 1. The summed E-state index contributed by atoms with van der Waals surface area (Å²) in [7, 11) is -0.912. The van der Waals surface area contributed by atoms with Crippen LogP contribution < -0.4 is 4.72 Å². The molecule has 0 radical (unpaired) electrons. The van der Waals surface area contributed by atoms with E-state index in [0.717, 1.165) is 0 Å². The number of carbonyl (C=O) groups is 1. The van der Waals surface area contributed by atoms with Crippen molar-refractivity contribution in [2.24, 2.45) is 7.05 Å². The first-order valence-corrected chi connectivity index (χ1v) is 9.19. The van der Waals surface area contributed by atoms with Crippen molar-refractivity contribution in [1.29, 1.82) is 0 Å². The minimum atomic E-state index is -3.86. The van der Waals surface area contributed by atoms with E-state index < -0.39 is 16.0 Å². The molecule has 3 rings (SSSR count). The fourth-order valence-electron chi connectivity index (χ4n) is 2.46. The predicted octanol–water partition coefficient (Wildman–Crippen LogP) is 2.67. The third kappa shape index (κ3) is 3.60. The third-order valence-electron chi connectivity index (χ3n) is 3.69. The highest BCUT2D eigenvalue weighted by atomic mass is 32.2. The zero-order valence-electron chi connectivity index (χ0n) is 14.2. The monoisotopic (exact) mass is 371 g/mol. The number of hydrogen-bond donors (Lipinski definition) is 1. The Bertz CT molecular complexity index is 1030. The summed E-state index contributed by atoms with van der Waals surface area (Å²) in [4.78, 5) is 11.5. The molecule has 1 heterocycles. The third-order valence-corrected chi connectivity index (χ3v) is 5.07. The second kappa shape index (κ2) is 7.01. The number of anilines is 1. The number of carbonyl (C=O) groups excluding carboxylic acids is 1. The number of rotatable bonds is 5. The van der Waals surface area contributed by atoms with Gasteiger partial charge in [0.15, 0.2) is 0 Å². The van der Waals surface area contributed by atoms with E-state index in [1.807, 2.05) is 18.2 Å². The number of nitrogens with zero attached hydrogens (tertiary/aromatic N) is 2. The number of aromatic nitrogens is 2. The Balaban J connectivity index is 1.93. The molecule has 2 aromatic carbocycles. The van der Waals surface area contributed by atoms with E-state index >= 15 is 0 Å². The summed E-state index contributed by atoms with van der Waals surface area (Å²) in [6, 6.07) is 15.1. The van der Waals surface area contributed by atoms with Crippen LogP contribution in [0, 0.1) is 0 Å². The molecule has 0 spiro atoms. The Kier molecular flexibility index (Phi) is 4.77. The number of aryl methyl sites for hydroxylation is 1. The maximum atomic E-state index is 12.8. The average Bonchev–Trinajstić information content (AvgIpc) is 3.05. The van der Waals surface area contributed by atoms with Crippen molar-refractivity contribution < 1.29 is 17.9 Å². The molecule has 0 amide bonds. The molecule has 0 bridgehead atoms. The average molecular weight is 371 g/mol. The van der Waals surface area contributed by atoms with E-state index in [2.05, 4.69) is 14.6 Å². The molecule has 0 atom stereocenters. The van der Waals surface area contributed by atoms with Gasteiger partial charge in [-0.1, -0.05) is 30.3 Å². The molecule has 0 saturated heterocycles.